The third-order valence-electron chi connectivity index (χ3n) is 3.41. The van der Waals surface area contributed by atoms with Crippen molar-refractivity contribution in [3.8, 4) is 0 Å². The van der Waals surface area contributed by atoms with Crippen molar-refractivity contribution in [2.45, 2.75) is 39.7 Å². The molecular formula is C15H18N2O5. The minimum Gasteiger partial charge on any atom is -0.475 e. The number of amides is 1. The van der Waals surface area contributed by atoms with Crippen molar-refractivity contribution < 1.29 is 23.6 Å². The van der Waals surface area contributed by atoms with Crippen LogP contribution in [0, 0.1) is 13.8 Å². The van der Waals surface area contributed by atoms with Crippen molar-refractivity contribution in [3.63, 3.8) is 0 Å². The van der Waals surface area contributed by atoms with E-state index in [9.17, 15) is 9.59 Å². The smallest absolute Gasteiger partial charge is 0.371 e. The molecule has 0 fully saturated rings. The summed E-state index contributed by atoms with van der Waals surface area (Å²) in [5.41, 5.74) is 1.73. The van der Waals surface area contributed by atoms with Gasteiger partial charge in [0.05, 0.1) is 12.2 Å². The normalized spacial score (nSPS) is 12.1. The number of rotatable bonds is 6. The molecule has 7 nitrogen and oxygen atoms in total. The lowest BCUT2D eigenvalue weighted by Gasteiger charge is -2.10. The SMILES string of the molecule is Cc1noc(C)c1C(C)CC(=O)NCc1ccc(C(=O)O)o1. The molecule has 2 aromatic rings. The Morgan fingerprint density at radius 3 is 2.64 bits per heavy atom. The first-order valence-electron chi connectivity index (χ1n) is 6.90. The first-order chi connectivity index (χ1) is 10.4. The molecule has 0 saturated heterocycles. The highest BCUT2D eigenvalue weighted by Crippen LogP contribution is 2.25. The van der Waals surface area contributed by atoms with Crippen molar-refractivity contribution in [1.82, 2.24) is 10.5 Å². The molecule has 118 valence electrons. The number of hydrogen-bond donors (Lipinski definition) is 2. The lowest BCUT2D eigenvalue weighted by molar-refractivity contribution is -0.121. The molecule has 0 spiro atoms. The topological polar surface area (TPSA) is 106 Å². The van der Waals surface area contributed by atoms with Crippen LogP contribution in [0.25, 0.3) is 0 Å². The molecule has 0 bridgehead atoms. The molecule has 7 heteroatoms. The second-order valence-electron chi connectivity index (χ2n) is 5.19. The largest absolute Gasteiger partial charge is 0.475 e. The Kier molecular flexibility index (Phi) is 4.65. The molecule has 1 amide bonds. The Bertz CT molecular complexity index is 666. The fourth-order valence-corrected chi connectivity index (χ4v) is 2.42. The van der Waals surface area contributed by atoms with Crippen LogP contribution in [0.2, 0.25) is 0 Å². The van der Waals surface area contributed by atoms with Gasteiger partial charge in [0.2, 0.25) is 11.7 Å². The number of hydrogen-bond acceptors (Lipinski definition) is 5. The van der Waals surface area contributed by atoms with Crippen molar-refractivity contribution >= 4 is 11.9 Å². The number of aromatic carboxylic acids is 1. The molecule has 0 aromatic carbocycles. The van der Waals surface area contributed by atoms with E-state index in [1.54, 1.807) is 0 Å². The Balaban J connectivity index is 1.88. The van der Waals surface area contributed by atoms with Gasteiger partial charge < -0.3 is 19.4 Å². The molecule has 2 aromatic heterocycles. The van der Waals surface area contributed by atoms with Gasteiger partial charge in [-0.2, -0.15) is 0 Å². The van der Waals surface area contributed by atoms with Crippen LogP contribution < -0.4 is 5.32 Å². The minimum atomic E-state index is -1.13. The van der Waals surface area contributed by atoms with Crippen LogP contribution in [0.1, 0.15) is 52.6 Å². The molecular weight excluding hydrogens is 288 g/mol. The van der Waals surface area contributed by atoms with E-state index in [1.807, 2.05) is 20.8 Å². The van der Waals surface area contributed by atoms with Crippen molar-refractivity contribution in [2.24, 2.45) is 0 Å². The average molecular weight is 306 g/mol. The zero-order chi connectivity index (χ0) is 16.3. The van der Waals surface area contributed by atoms with Crippen molar-refractivity contribution in [2.75, 3.05) is 0 Å². The van der Waals surface area contributed by atoms with E-state index in [-0.39, 0.29) is 30.6 Å². The van der Waals surface area contributed by atoms with Crippen molar-refractivity contribution in [3.05, 3.63) is 40.7 Å². The standard InChI is InChI=1S/C15H18N2O5/c1-8(14-9(2)17-22-10(14)3)6-13(18)16-7-11-4-5-12(21-11)15(19)20/h4-5,8H,6-7H2,1-3H3,(H,16,18)(H,19,20). The van der Waals surface area contributed by atoms with Gasteiger partial charge in [-0.3, -0.25) is 4.79 Å². The summed E-state index contributed by atoms with van der Waals surface area (Å²) in [6, 6.07) is 2.89. The van der Waals surface area contributed by atoms with Gasteiger partial charge in [0, 0.05) is 12.0 Å². The maximum absolute atomic E-state index is 12.0. The zero-order valence-corrected chi connectivity index (χ0v) is 12.7. The summed E-state index contributed by atoms with van der Waals surface area (Å²) >= 11 is 0. The molecule has 0 aliphatic heterocycles. The second-order valence-corrected chi connectivity index (χ2v) is 5.19. The summed E-state index contributed by atoms with van der Waals surface area (Å²) in [5, 5.41) is 15.3. The third-order valence-corrected chi connectivity index (χ3v) is 3.41. The van der Waals surface area contributed by atoms with Crippen molar-refractivity contribution in [1.29, 1.82) is 0 Å². The number of carbonyl (C=O) groups excluding carboxylic acids is 1. The van der Waals surface area contributed by atoms with Crippen LogP contribution in [-0.2, 0) is 11.3 Å². The molecule has 0 aliphatic carbocycles. The molecule has 2 N–H and O–H groups in total. The number of carbonyl (C=O) groups is 2. The van der Waals surface area contributed by atoms with E-state index in [1.165, 1.54) is 12.1 Å². The number of carboxylic acids is 1. The molecule has 0 aliphatic rings. The second kappa shape index (κ2) is 6.46. The maximum Gasteiger partial charge on any atom is 0.371 e. The number of furan rings is 1. The molecule has 1 atom stereocenters. The van der Waals surface area contributed by atoms with Crippen LogP contribution in [0.4, 0.5) is 0 Å². The van der Waals surface area contributed by atoms with Gasteiger partial charge in [0.15, 0.2) is 0 Å². The summed E-state index contributed by atoms with van der Waals surface area (Å²) in [6.45, 7) is 5.75. The molecule has 2 heterocycles. The highest BCUT2D eigenvalue weighted by atomic mass is 16.5. The fraction of sp³-hybridized carbons (Fsp3) is 0.400. The molecule has 2 rings (SSSR count). The Morgan fingerprint density at radius 1 is 1.36 bits per heavy atom. The Hall–Kier alpha value is -2.57. The number of carboxylic acid groups (broad SMARTS) is 1. The van der Waals surface area contributed by atoms with Gasteiger partial charge in [-0.05, 0) is 31.9 Å². The third kappa shape index (κ3) is 3.55. The summed E-state index contributed by atoms with van der Waals surface area (Å²) in [5.74, 6) is -0.332. The van der Waals surface area contributed by atoms with Gasteiger partial charge in [0.1, 0.15) is 11.5 Å². The van der Waals surface area contributed by atoms with Gasteiger partial charge in [0.25, 0.3) is 0 Å². The number of aryl methyl sites for hydroxylation is 2. The average Bonchev–Trinajstić information content (AvgIpc) is 3.03. The van der Waals surface area contributed by atoms with Crippen LogP contribution in [0.3, 0.4) is 0 Å². The van der Waals surface area contributed by atoms with Crippen LogP contribution >= 0.6 is 0 Å². The van der Waals surface area contributed by atoms with Gasteiger partial charge >= 0.3 is 5.97 Å². The van der Waals surface area contributed by atoms with E-state index in [2.05, 4.69) is 10.5 Å². The zero-order valence-electron chi connectivity index (χ0n) is 12.7. The summed E-state index contributed by atoms with van der Waals surface area (Å²) in [6.07, 6.45) is 0.287. The first kappa shape index (κ1) is 15.8. The number of nitrogens with one attached hydrogen (secondary N) is 1. The minimum absolute atomic E-state index is 0.0163. The van der Waals surface area contributed by atoms with Gasteiger partial charge in [-0.15, -0.1) is 0 Å². The predicted molar refractivity (Wildman–Crippen MR) is 76.5 cm³/mol. The first-order valence-corrected chi connectivity index (χ1v) is 6.90. The molecule has 0 saturated carbocycles. The fourth-order valence-electron chi connectivity index (χ4n) is 2.42. The number of aromatic nitrogens is 1. The van der Waals surface area contributed by atoms with Crippen LogP contribution in [-0.4, -0.2) is 22.1 Å². The van der Waals surface area contributed by atoms with E-state index in [0.29, 0.717) is 5.76 Å². The predicted octanol–water partition coefficient (Wildman–Crippen LogP) is 2.39. The summed E-state index contributed by atoms with van der Waals surface area (Å²) in [7, 11) is 0. The van der Waals surface area contributed by atoms with Gasteiger partial charge in [-0.25, -0.2) is 4.79 Å². The van der Waals surface area contributed by atoms with E-state index >= 15 is 0 Å². The van der Waals surface area contributed by atoms with Crippen LogP contribution in [0.5, 0.6) is 0 Å². The quantitative estimate of drug-likeness (QED) is 0.849. The van der Waals surface area contributed by atoms with Crippen LogP contribution in [0.15, 0.2) is 21.1 Å². The summed E-state index contributed by atoms with van der Waals surface area (Å²) < 4.78 is 10.2. The highest BCUT2D eigenvalue weighted by molar-refractivity contribution is 5.84. The van der Waals surface area contributed by atoms with E-state index < -0.39 is 5.97 Å². The monoisotopic (exact) mass is 306 g/mol. The van der Waals surface area contributed by atoms with Gasteiger partial charge in [-0.1, -0.05) is 12.1 Å². The van der Waals surface area contributed by atoms with E-state index in [0.717, 1.165) is 17.0 Å². The Morgan fingerprint density at radius 2 is 2.09 bits per heavy atom. The number of nitrogens with zero attached hydrogens (tertiary/aromatic N) is 1. The summed E-state index contributed by atoms with van der Waals surface area (Å²) in [4.78, 5) is 22.7. The lowest BCUT2D eigenvalue weighted by atomic mass is 9.96. The Labute approximate surface area is 127 Å². The maximum atomic E-state index is 12.0. The van der Waals surface area contributed by atoms with E-state index in [4.69, 9.17) is 14.0 Å². The molecule has 1 unspecified atom stereocenters. The molecule has 0 radical (unpaired) electrons. The molecule has 22 heavy (non-hydrogen) atoms. The lowest BCUT2D eigenvalue weighted by Crippen LogP contribution is -2.24. The highest BCUT2D eigenvalue weighted by Gasteiger charge is 2.19.